The van der Waals surface area contributed by atoms with Crippen LogP contribution in [-0.2, 0) is 12.4 Å². The molecular formula is C12H10F6N2O2S. The molecule has 2 rings (SSSR count). The van der Waals surface area contributed by atoms with Crippen LogP contribution in [0.2, 0.25) is 0 Å². The molecule has 1 heterocycles. The molecule has 1 fully saturated rings. The van der Waals surface area contributed by atoms with Gasteiger partial charge in [0, 0.05) is 7.05 Å². The van der Waals surface area contributed by atoms with Gasteiger partial charge in [0.15, 0.2) is 16.8 Å². The zero-order valence-corrected chi connectivity index (χ0v) is 12.2. The van der Waals surface area contributed by atoms with E-state index in [0.717, 1.165) is 4.90 Å². The SMILES string of the molecule is CN1C(=Nc2cc(C(F)(F)F)cc(C(F)(F)F)c2)SC(O)C1O. The Kier molecular flexibility index (Phi) is 4.57. The molecule has 0 aliphatic carbocycles. The van der Waals surface area contributed by atoms with Crippen molar-refractivity contribution in [2.45, 2.75) is 24.0 Å². The van der Waals surface area contributed by atoms with E-state index < -0.39 is 40.8 Å². The second kappa shape index (κ2) is 5.87. The van der Waals surface area contributed by atoms with Crippen molar-refractivity contribution in [2.75, 3.05) is 7.05 Å². The Morgan fingerprint density at radius 2 is 1.48 bits per heavy atom. The molecule has 1 aliphatic heterocycles. The van der Waals surface area contributed by atoms with Gasteiger partial charge in [0.2, 0.25) is 0 Å². The fourth-order valence-corrected chi connectivity index (χ4v) is 2.73. The second-order valence-electron chi connectivity index (χ2n) is 4.69. The van der Waals surface area contributed by atoms with Gasteiger partial charge in [0.25, 0.3) is 0 Å². The molecule has 1 aromatic rings. The van der Waals surface area contributed by atoms with Gasteiger partial charge in [0.05, 0.1) is 16.8 Å². The highest BCUT2D eigenvalue weighted by atomic mass is 32.2. The summed E-state index contributed by atoms with van der Waals surface area (Å²) in [4.78, 5) is 4.72. The number of aliphatic hydroxyl groups is 2. The number of amidine groups is 1. The molecular weight excluding hydrogens is 350 g/mol. The first kappa shape index (κ1) is 17.9. The molecule has 0 radical (unpaired) electrons. The Morgan fingerprint density at radius 3 is 1.83 bits per heavy atom. The van der Waals surface area contributed by atoms with Gasteiger partial charge in [-0.05, 0) is 18.2 Å². The number of aliphatic imine (C=N–C) groups is 1. The highest BCUT2D eigenvalue weighted by Gasteiger charge is 2.38. The number of rotatable bonds is 1. The Balaban J connectivity index is 2.51. The lowest BCUT2D eigenvalue weighted by Gasteiger charge is -2.16. The lowest BCUT2D eigenvalue weighted by molar-refractivity contribution is -0.143. The molecule has 1 saturated heterocycles. The summed E-state index contributed by atoms with van der Waals surface area (Å²) >= 11 is 0.622. The summed E-state index contributed by atoms with van der Waals surface area (Å²) in [5, 5.41) is 18.8. The Labute approximate surface area is 130 Å². The number of benzene rings is 1. The monoisotopic (exact) mass is 360 g/mol. The highest BCUT2D eigenvalue weighted by Crippen LogP contribution is 2.39. The minimum absolute atomic E-state index is 0.00110. The average molecular weight is 360 g/mol. The number of halogens is 6. The van der Waals surface area contributed by atoms with Gasteiger partial charge in [-0.15, -0.1) is 0 Å². The quantitative estimate of drug-likeness (QED) is 0.756. The van der Waals surface area contributed by atoms with Crippen LogP contribution in [0.3, 0.4) is 0 Å². The second-order valence-corrected chi connectivity index (χ2v) is 5.78. The number of hydrogen-bond donors (Lipinski definition) is 2. The molecule has 0 bridgehead atoms. The third-order valence-electron chi connectivity index (χ3n) is 2.98. The molecule has 2 atom stereocenters. The Morgan fingerprint density at radius 1 is 1.00 bits per heavy atom. The third-order valence-corrected chi connectivity index (χ3v) is 4.05. The number of alkyl halides is 6. The van der Waals surface area contributed by atoms with Gasteiger partial charge in [-0.2, -0.15) is 26.3 Å². The number of hydrogen-bond acceptors (Lipinski definition) is 4. The lowest BCUT2D eigenvalue weighted by Crippen LogP contribution is -2.33. The number of thioether (sulfide) groups is 1. The topological polar surface area (TPSA) is 56.1 Å². The first-order chi connectivity index (χ1) is 10.4. The van der Waals surface area contributed by atoms with Gasteiger partial charge < -0.3 is 15.1 Å². The zero-order valence-electron chi connectivity index (χ0n) is 11.4. The van der Waals surface area contributed by atoms with E-state index in [1.165, 1.54) is 7.05 Å². The van der Waals surface area contributed by atoms with Crippen molar-refractivity contribution in [1.82, 2.24) is 4.90 Å². The fourth-order valence-electron chi connectivity index (χ4n) is 1.78. The van der Waals surface area contributed by atoms with Gasteiger partial charge >= 0.3 is 12.4 Å². The number of nitrogens with zero attached hydrogens (tertiary/aromatic N) is 2. The van der Waals surface area contributed by atoms with Crippen LogP contribution in [-0.4, -0.2) is 39.0 Å². The predicted octanol–water partition coefficient (Wildman–Crippen LogP) is 3.03. The molecule has 2 N–H and O–H groups in total. The molecule has 1 aliphatic rings. The number of aliphatic hydroxyl groups excluding tert-OH is 2. The maximum absolute atomic E-state index is 12.7. The van der Waals surface area contributed by atoms with Crippen LogP contribution >= 0.6 is 11.8 Å². The largest absolute Gasteiger partial charge is 0.416 e. The van der Waals surface area contributed by atoms with Crippen molar-refractivity contribution in [3.05, 3.63) is 29.3 Å². The van der Waals surface area contributed by atoms with Crippen molar-refractivity contribution >= 4 is 22.6 Å². The van der Waals surface area contributed by atoms with Crippen LogP contribution in [0, 0.1) is 0 Å². The van der Waals surface area contributed by atoms with Gasteiger partial charge in [-0.1, -0.05) is 11.8 Å². The maximum atomic E-state index is 12.7. The molecule has 0 aromatic heterocycles. The van der Waals surface area contributed by atoms with E-state index in [1.807, 2.05) is 0 Å². The van der Waals surface area contributed by atoms with Crippen LogP contribution in [0.25, 0.3) is 0 Å². The van der Waals surface area contributed by atoms with Gasteiger partial charge in [0.1, 0.15) is 0 Å². The predicted molar refractivity (Wildman–Crippen MR) is 70.9 cm³/mol. The standard InChI is InChI=1S/C12H10F6N2O2S/c1-20-8(21)9(22)23-10(20)19-7-3-5(11(13,14)15)2-6(4-7)12(16,17)18/h2-4,8-9,21-22H,1H3. The third kappa shape index (κ3) is 3.90. The lowest BCUT2D eigenvalue weighted by atomic mass is 10.1. The summed E-state index contributed by atoms with van der Waals surface area (Å²) in [6.45, 7) is 0. The van der Waals surface area contributed by atoms with Gasteiger partial charge in [-0.3, -0.25) is 0 Å². The Hall–Kier alpha value is -1.46. The fraction of sp³-hybridized carbons (Fsp3) is 0.417. The zero-order chi connectivity index (χ0) is 17.6. The first-order valence-corrected chi connectivity index (χ1v) is 6.91. The average Bonchev–Trinajstić information content (AvgIpc) is 2.64. The normalized spacial score (nSPS) is 24.6. The van der Waals surface area contributed by atoms with Crippen molar-refractivity contribution < 1.29 is 36.6 Å². The summed E-state index contributed by atoms with van der Waals surface area (Å²) in [6.07, 6.45) is -11.3. The molecule has 0 amide bonds. The van der Waals surface area contributed by atoms with E-state index in [1.54, 1.807) is 0 Å². The summed E-state index contributed by atoms with van der Waals surface area (Å²) in [7, 11) is 1.30. The van der Waals surface area contributed by atoms with Crippen LogP contribution in [0.1, 0.15) is 11.1 Å². The minimum Gasteiger partial charge on any atom is -0.377 e. The van der Waals surface area contributed by atoms with Crippen molar-refractivity contribution in [2.24, 2.45) is 4.99 Å². The van der Waals surface area contributed by atoms with E-state index in [4.69, 9.17) is 0 Å². The smallest absolute Gasteiger partial charge is 0.377 e. The van der Waals surface area contributed by atoms with E-state index in [-0.39, 0.29) is 11.2 Å². The van der Waals surface area contributed by atoms with Crippen molar-refractivity contribution in [3.8, 4) is 0 Å². The van der Waals surface area contributed by atoms with Crippen LogP contribution in [0.15, 0.2) is 23.2 Å². The molecule has 0 spiro atoms. The van der Waals surface area contributed by atoms with E-state index in [9.17, 15) is 36.6 Å². The molecule has 128 valence electrons. The van der Waals surface area contributed by atoms with E-state index in [2.05, 4.69) is 4.99 Å². The van der Waals surface area contributed by atoms with Crippen LogP contribution in [0.4, 0.5) is 32.0 Å². The molecule has 23 heavy (non-hydrogen) atoms. The van der Waals surface area contributed by atoms with E-state index in [0.29, 0.717) is 23.9 Å². The summed E-state index contributed by atoms with van der Waals surface area (Å²) < 4.78 is 76.4. The molecule has 11 heteroatoms. The number of likely N-dealkylation sites (N-methyl/N-ethyl adjacent to an activating group) is 1. The van der Waals surface area contributed by atoms with Crippen molar-refractivity contribution in [3.63, 3.8) is 0 Å². The molecule has 4 nitrogen and oxygen atoms in total. The molecule has 1 aromatic carbocycles. The van der Waals surface area contributed by atoms with Crippen molar-refractivity contribution in [1.29, 1.82) is 0 Å². The van der Waals surface area contributed by atoms with Crippen LogP contribution < -0.4 is 0 Å². The summed E-state index contributed by atoms with van der Waals surface area (Å²) in [5.74, 6) is 0. The van der Waals surface area contributed by atoms with E-state index >= 15 is 0 Å². The maximum Gasteiger partial charge on any atom is 0.416 e. The summed E-state index contributed by atoms with van der Waals surface area (Å²) in [5.41, 5.74) is -4.86. The Bertz CT molecular complexity index is 599. The van der Waals surface area contributed by atoms with Crippen LogP contribution in [0.5, 0.6) is 0 Å². The molecule has 0 saturated carbocycles. The first-order valence-electron chi connectivity index (χ1n) is 6.03. The highest BCUT2D eigenvalue weighted by molar-refractivity contribution is 8.14. The molecule has 2 unspecified atom stereocenters. The van der Waals surface area contributed by atoms with Gasteiger partial charge in [-0.25, -0.2) is 4.99 Å². The minimum atomic E-state index is -4.97. The summed E-state index contributed by atoms with van der Waals surface area (Å²) in [6, 6.07) is 0.931.